The van der Waals surface area contributed by atoms with Gasteiger partial charge in [0.25, 0.3) is 5.91 Å². The summed E-state index contributed by atoms with van der Waals surface area (Å²) in [5.41, 5.74) is 4.54. The van der Waals surface area contributed by atoms with E-state index in [1.807, 2.05) is 37.3 Å². The molecule has 0 radical (unpaired) electrons. The summed E-state index contributed by atoms with van der Waals surface area (Å²) in [5, 5.41) is 0. The molecular weight excluding hydrogens is 326 g/mol. The van der Waals surface area contributed by atoms with Crippen molar-refractivity contribution in [1.82, 2.24) is 9.80 Å². The van der Waals surface area contributed by atoms with Gasteiger partial charge in [0.2, 0.25) is 0 Å². The predicted molar refractivity (Wildman–Crippen MR) is 101 cm³/mol. The van der Waals surface area contributed by atoms with Crippen LogP contribution in [0.15, 0.2) is 48.5 Å². The van der Waals surface area contributed by atoms with Gasteiger partial charge < -0.3 is 0 Å². The molecule has 1 atom stereocenters. The first kappa shape index (κ1) is 16.8. The maximum atomic E-state index is 12.9. The summed E-state index contributed by atoms with van der Waals surface area (Å²) >= 11 is 0. The number of nitrogens with zero attached hydrogens (tertiary/aromatic N) is 3. The predicted octanol–water partition coefficient (Wildman–Crippen LogP) is 3.17. The third-order valence-electron chi connectivity index (χ3n) is 5.31. The summed E-state index contributed by atoms with van der Waals surface area (Å²) in [5.74, 6) is -0.130. The highest BCUT2D eigenvalue weighted by Gasteiger charge is 2.43. The largest absolute Gasteiger partial charge is 0.333 e. The van der Waals surface area contributed by atoms with E-state index in [1.54, 1.807) is 11.8 Å². The van der Waals surface area contributed by atoms with E-state index in [1.165, 1.54) is 16.0 Å². The number of amides is 3. The first-order chi connectivity index (χ1) is 12.5. The van der Waals surface area contributed by atoms with Gasteiger partial charge in [-0.3, -0.25) is 14.6 Å². The Hall–Kier alpha value is -2.66. The molecule has 0 bridgehead atoms. The summed E-state index contributed by atoms with van der Waals surface area (Å²) < 4.78 is 0. The maximum absolute atomic E-state index is 12.9. The summed E-state index contributed by atoms with van der Waals surface area (Å²) in [4.78, 5) is 30.8. The zero-order valence-electron chi connectivity index (χ0n) is 15.2. The number of carbonyl (C=O) groups excluding carboxylic acids is 2. The normalized spacial score (nSPS) is 20.6. The van der Waals surface area contributed by atoms with Crippen molar-refractivity contribution < 1.29 is 9.59 Å². The number of hydrogen-bond donors (Lipinski definition) is 0. The second-order valence-corrected chi connectivity index (χ2v) is 7.14. The molecule has 0 spiro atoms. The van der Waals surface area contributed by atoms with Gasteiger partial charge in [-0.05, 0) is 43.5 Å². The van der Waals surface area contributed by atoms with Crippen LogP contribution in [0.1, 0.15) is 23.6 Å². The van der Waals surface area contributed by atoms with E-state index < -0.39 is 6.04 Å². The number of imide groups is 1. The van der Waals surface area contributed by atoms with Crippen LogP contribution in [-0.2, 0) is 17.8 Å². The van der Waals surface area contributed by atoms with Gasteiger partial charge >= 0.3 is 6.03 Å². The van der Waals surface area contributed by atoms with Crippen LogP contribution in [0, 0.1) is 6.92 Å². The van der Waals surface area contributed by atoms with E-state index in [0.29, 0.717) is 6.67 Å². The average molecular weight is 349 g/mol. The van der Waals surface area contributed by atoms with Crippen molar-refractivity contribution in [3.63, 3.8) is 0 Å². The molecule has 26 heavy (non-hydrogen) atoms. The molecular formula is C21H23N3O2. The molecule has 0 unspecified atom stereocenters. The molecule has 5 nitrogen and oxygen atoms in total. The maximum Gasteiger partial charge on any atom is 0.333 e. The molecule has 2 aromatic rings. The van der Waals surface area contributed by atoms with Gasteiger partial charge in [0.05, 0.1) is 6.67 Å². The number of rotatable bonds is 3. The average Bonchev–Trinajstić information content (AvgIpc) is 2.86. The highest BCUT2D eigenvalue weighted by atomic mass is 16.2. The first-order valence-electron chi connectivity index (χ1n) is 9.05. The van der Waals surface area contributed by atoms with Crippen LogP contribution in [0.2, 0.25) is 0 Å². The SMILES string of the molecule is Cc1ccc(N2C(=O)N(CN3CCc4ccccc4C3)C(=O)[C@H]2C)cc1. The van der Waals surface area contributed by atoms with Crippen LogP contribution in [0.25, 0.3) is 0 Å². The number of aryl methyl sites for hydroxylation is 1. The summed E-state index contributed by atoms with van der Waals surface area (Å²) in [6, 6.07) is 15.4. The Morgan fingerprint density at radius 3 is 2.42 bits per heavy atom. The molecule has 1 fully saturated rings. The van der Waals surface area contributed by atoms with Crippen molar-refractivity contribution in [2.45, 2.75) is 32.9 Å². The molecule has 5 heteroatoms. The van der Waals surface area contributed by atoms with E-state index >= 15 is 0 Å². The quantitative estimate of drug-likeness (QED) is 0.800. The lowest BCUT2D eigenvalue weighted by Crippen LogP contribution is -2.44. The van der Waals surface area contributed by atoms with Gasteiger partial charge in [0.1, 0.15) is 6.04 Å². The molecule has 2 aliphatic rings. The van der Waals surface area contributed by atoms with Gasteiger partial charge in [0.15, 0.2) is 0 Å². The highest BCUT2D eigenvalue weighted by Crippen LogP contribution is 2.27. The topological polar surface area (TPSA) is 43.9 Å². The fourth-order valence-corrected chi connectivity index (χ4v) is 3.77. The molecule has 134 valence electrons. The summed E-state index contributed by atoms with van der Waals surface area (Å²) in [7, 11) is 0. The van der Waals surface area contributed by atoms with Crippen LogP contribution >= 0.6 is 0 Å². The van der Waals surface area contributed by atoms with Crippen molar-refractivity contribution in [2.24, 2.45) is 0 Å². The van der Waals surface area contributed by atoms with E-state index in [9.17, 15) is 9.59 Å². The first-order valence-corrected chi connectivity index (χ1v) is 9.05. The van der Waals surface area contributed by atoms with E-state index in [0.717, 1.165) is 30.8 Å². The molecule has 0 aromatic heterocycles. The number of carbonyl (C=O) groups is 2. The van der Waals surface area contributed by atoms with Crippen LogP contribution in [0.3, 0.4) is 0 Å². The number of urea groups is 1. The second kappa shape index (κ2) is 6.57. The molecule has 2 aliphatic heterocycles. The summed E-state index contributed by atoms with van der Waals surface area (Å²) in [6.07, 6.45) is 0.948. The minimum atomic E-state index is -0.470. The van der Waals surface area contributed by atoms with Crippen LogP contribution in [0.5, 0.6) is 0 Å². The van der Waals surface area contributed by atoms with Crippen molar-refractivity contribution in [2.75, 3.05) is 18.1 Å². The Balaban J connectivity index is 1.52. The lowest BCUT2D eigenvalue weighted by atomic mass is 10.0. The number of anilines is 1. The van der Waals surface area contributed by atoms with E-state index in [-0.39, 0.29) is 11.9 Å². The van der Waals surface area contributed by atoms with E-state index in [2.05, 4.69) is 23.1 Å². The minimum absolute atomic E-state index is 0.130. The zero-order valence-corrected chi connectivity index (χ0v) is 15.2. The molecule has 4 rings (SSSR count). The van der Waals surface area contributed by atoms with Crippen molar-refractivity contribution in [1.29, 1.82) is 0 Å². The number of benzene rings is 2. The van der Waals surface area contributed by atoms with Crippen molar-refractivity contribution in [3.8, 4) is 0 Å². The molecule has 0 N–H and O–H groups in total. The zero-order chi connectivity index (χ0) is 18.3. The van der Waals surface area contributed by atoms with Gasteiger partial charge in [-0.15, -0.1) is 0 Å². The Labute approximate surface area is 153 Å². The third kappa shape index (κ3) is 2.88. The highest BCUT2D eigenvalue weighted by molar-refractivity contribution is 6.14. The Bertz CT molecular complexity index is 847. The molecule has 0 aliphatic carbocycles. The van der Waals surface area contributed by atoms with Crippen molar-refractivity contribution in [3.05, 3.63) is 65.2 Å². The van der Waals surface area contributed by atoms with Crippen molar-refractivity contribution >= 4 is 17.6 Å². The summed E-state index contributed by atoms with van der Waals surface area (Å²) in [6.45, 7) is 5.77. The standard InChI is InChI=1S/C21H23N3O2/c1-15-7-9-19(10-8-15)24-16(2)20(25)23(21(24)26)14-22-12-11-17-5-3-4-6-18(17)13-22/h3-10,16H,11-14H2,1-2H3/t16-/m1/s1. The molecule has 2 aromatic carbocycles. The molecule has 0 saturated carbocycles. The lowest BCUT2D eigenvalue weighted by Gasteiger charge is -2.31. The third-order valence-corrected chi connectivity index (χ3v) is 5.31. The Morgan fingerprint density at radius 1 is 1.00 bits per heavy atom. The van der Waals surface area contributed by atoms with Gasteiger partial charge in [0, 0.05) is 18.8 Å². The lowest BCUT2D eigenvalue weighted by molar-refractivity contribution is -0.128. The molecule has 1 saturated heterocycles. The Kier molecular flexibility index (Phi) is 4.24. The monoisotopic (exact) mass is 349 g/mol. The minimum Gasteiger partial charge on any atom is -0.282 e. The van der Waals surface area contributed by atoms with Crippen LogP contribution < -0.4 is 4.90 Å². The van der Waals surface area contributed by atoms with Gasteiger partial charge in [-0.2, -0.15) is 0 Å². The van der Waals surface area contributed by atoms with Gasteiger partial charge in [-0.1, -0.05) is 42.0 Å². The fraction of sp³-hybridized carbons (Fsp3) is 0.333. The van der Waals surface area contributed by atoms with Crippen LogP contribution in [-0.4, -0.2) is 41.0 Å². The van der Waals surface area contributed by atoms with E-state index in [4.69, 9.17) is 0 Å². The number of fused-ring (bicyclic) bond motifs is 1. The number of hydrogen-bond acceptors (Lipinski definition) is 3. The fourth-order valence-electron chi connectivity index (χ4n) is 3.77. The Morgan fingerprint density at radius 2 is 1.69 bits per heavy atom. The molecule has 2 heterocycles. The molecule has 3 amide bonds. The van der Waals surface area contributed by atoms with Gasteiger partial charge in [-0.25, -0.2) is 9.69 Å². The smallest absolute Gasteiger partial charge is 0.282 e. The van der Waals surface area contributed by atoms with Crippen LogP contribution in [0.4, 0.5) is 10.5 Å². The second-order valence-electron chi connectivity index (χ2n) is 7.14.